The van der Waals surface area contributed by atoms with Crippen LogP contribution in [0.25, 0.3) is 0 Å². The molecule has 0 saturated carbocycles. The largest absolute Gasteiger partial charge is 0.352 e. The number of carbonyl (C=O) groups excluding carboxylic acids is 1. The van der Waals surface area contributed by atoms with Crippen molar-refractivity contribution in [2.45, 2.75) is 25.8 Å². The first-order valence-corrected chi connectivity index (χ1v) is 8.69. The van der Waals surface area contributed by atoms with Crippen LogP contribution in [0.3, 0.4) is 0 Å². The van der Waals surface area contributed by atoms with Crippen molar-refractivity contribution in [3.63, 3.8) is 0 Å². The molecule has 0 saturated heterocycles. The van der Waals surface area contributed by atoms with Gasteiger partial charge in [0.2, 0.25) is 0 Å². The van der Waals surface area contributed by atoms with Crippen molar-refractivity contribution in [1.82, 2.24) is 14.9 Å². The fraction of sp³-hybridized carbons (Fsp3) is 0.238. The molecule has 0 aliphatic rings. The lowest BCUT2D eigenvalue weighted by Gasteiger charge is -2.10. The first-order valence-electron chi connectivity index (χ1n) is 8.69. The molecule has 0 spiro atoms. The highest BCUT2D eigenvalue weighted by Gasteiger charge is 2.10. The number of rotatable bonds is 8. The van der Waals surface area contributed by atoms with E-state index in [1.54, 1.807) is 12.5 Å². The number of aryl methyl sites for hydroxylation is 3. The zero-order chi connectivity index (χ0) is 17.3. The maximum absolute atomic E-state index is 12.5. The Balaban J connectivity index is 1.53. The van der Waals surface area contributed by atoms with Gasteiger partial charge in [-0.05, 0) is 36.5 Å². The van der Waals surface area contributed by atoms with Crippen molar-refractivity contribution in [1.29, 1.82) is 0 Å². The lowest BCUT2D eigenvalue weighted by molar-refractivity contribution is 0.0952. The number of nitrogens with zero attached hydrogens (tertiary/aromatic N) is 2. The lowest BCUT2D eigenvalue weighted by Crippen LogP contribution is -2.26. The van der Waals surface area contributed by atoms with Crippen molar-refractivity contribution in [3.8, 4) is 0 Å². The van der Waals surface area contributed by atoms with E-state index in [0.717, 1.165) is 36.9 Å². The van der Waals surface area contributed by atoms with E-state index < -0.39 is 0 Å². The van der Waals surface area contributed by atoms with E-state index >= 15 is 0 Å². The molecule has 25 heavy (non-hydrogen) atoms. The first kappa shape index (κ1) is 17.0. The normalized spacial score (nSPS) is 10.6. The Morgan fingerprint density at radius 2 is 1.80 bits per heavy atom. The molecule has 0 bridgehead atoms. The molecule has 3 rings (SSSR count). The van der Waals surface area contributed by atoms with Crippen LogP contribution in [0, 0.1) is 0 Å². The van der Waals surface area contributed by atoms with Gasteiger partial charge >= 0.3 is 0 Å². The average molecular weight is 333 g/mol. The maximum atomic E-state index is 12.5. The smallest absolute Gasteiger partial charge is 0.251 e. The summed E-state index contributed by atoms with van der Waals surface area (Å²) in [6, 6.07) is 18.2. The molecule has 0 atom stereocenters. The van der Waals surface area contributed by atoms with Crippen molar-refractivity contribution < 1.29 is 4.79 Å². The van der Waals surface area contributed by atoms with Crippen molar-refractivity contribution >= 4 is 5.91 Å². The zero-order valence-electron chi connectivity index (χ0n) is 14.3. The maximum Gasteiger partial charge on any atom is 0.251 e. The van der Waals surface area contributed by atoms with E-state index in [1.165, 1.54) is 5.56 Å². The fourth-order valence-corrected chi connectivity index (χ4v) is 2.86. The number of hydrogen-bond donors (Lipinski definition) is 1. The summed E-state index contributed by atoms with van der Waals surface area (Å²) >= 11 is 0. The molecule has 4 nitrogen and oxygen atoms in total. The average Bonchev–Trinajstić information content (AvgIpc) is 3.18. The second-order valence-corrected chi connectivity index (χ2v) is 6.05. The summed E-state index contributed by atoms with van der Waals surface area (Å²) in [5.41, 5.74) is 3.16. The quantitative estimate of drug-likeness (QED) is 0.642. The molecule has 3 aromatic rings. The predicted molar refractivity (Wildman–Crippen MR) is 99.5 cm³/mol. The van der Waals surface area contributed by atoms with Crippen LogP contribution in [0.5, 0.6) is 0 Å². The molecular weight excluding hydrogens is 310 g/mol. The molecular formula is C21H23N3O. The number of carbonyl (C=O) groups is 1. The van der Waals surface area contributed by atoms with Gasteiger partial charge in [-0.3, -0.25) is 4.79 Å². The molecule has 2 aromatic carbocycles. The van der Waals surface area contributed by atoms with Crippen LogP contribution in [-0.4, -0.2) is 22.0 Å². The van der Waals surface area contributed by atoms with Crippen LogP contribution >= 0.6 is 0 Å². The van der Waals surface area contributed by atoms with Crippen LogP contribution in [0.1, 0.15) is 27.9 Å². The van der Waals surface area contributed by atoms with Gasteiger partial charge in [-0.2, -0.15) is 0 Å². The molecule has 1 amide bonds. The number of aromatic nitrogens is 2. The van der Waals surface area contributed by atoms with Gasteiger partial charge in [0.05, 0.1) is 6.33 Å². The Labute approximate surface area is 148 Å². The van der Waals surface area contributed by atoms with Gasteiger partial charge in [0.25, 0.3) is 5.91 Å². The Bertz CT molecular complexity index is 782. The van der Waals surface area contributed by atoms with E-state index in [4.69, 9.17) is 0 Å². The summed E-state index contributed by atoms with van der Waals surface area (Å²) < 4.78 is 2.01. The van der Waals surface area contributed by atoms with Crippen LogP contribution < -0.4 is 5.32 Å². The van der Waals surface area contributed by atoms with E-state index in [9.17, 15) is 4.79 Å². The summed E-state index contributed by atoms with van der Waals surface area (Å²) in [4.78, 5) is 16.5. The van der Waals surface area contributed by atoms with Crippen LogP contribution in [0.2, 0.25) is 0 Å². The van der Waals surface area contributed by atoms with Gasteiger partial charge in [-0.25, -0.2) is 4.98 Å². The number of nitrogens with one attached hydrogen (secondary N) is 1. The van der Waals surface area contributed by atoms with Gasteiger partial charge in [0.15, 0.2) is 0 Å². The van der Waals surface area contributed by atoms with Crippen molar-refractivity contribution in [2.24, 2.45) is 0 Å². The van der Waals surface area contributed by atoms with Gasteiger partial charge in [-0.1, -0.05) is 48.5 Å². The molecule has 0 aliphatic heterocycles. The third-order valence-corrected chi connectivity index (χ3v) is 4.23. The molecule has 128 valence electrons. The summed E-state index contributed by atoms with van der Waals surface area (Å²) in [5.74, 6) is 0.00860. The molecule has 0 unspecified atom stereocenters. The molecule has 1 heterocycles. The van der Waals surface area contributed by atoms with E-state index in [2.05, 4.69) is 22.4 Å². The predicted octanol–water partition coefficient (Wildman–Crippen LogP) is 3.49. The Morgan fingerprint density at radius 1 is 1.00 bits per heavy atom. The Morgan fingerprint density at radius 3 is 2.60 bits per heavy atom. The molecule has 0 radical (unpaired) electrons. The minimum atomic E-state index is 0.00860. The molecule has 4 heteroatoms. The molecule has 0 aliphatic carbocycles. The second kappa shape index (κ2) is 8.83. The fourth-order valence-electron chi connectivity index (χ4n) is 2.86. The minimum Gasteiger partial charge on any atom is -0.352 e. The van der Waals surface area contributed by atoms with Crippen LogP contribution in [0.15, 0.2) is 73.3 Å². The number of imidazole rings is 1. The van der Waals surface area contributed by atoms with Crippen molar-refractivity contribution in [3.05, 3.63) is 90.0 Å². The number of amides is 1. The number of benzene rings is 2. The van der Waals surface area contributed by atoms with Gasteiger partial charge in [0.1, 0.15) is 0 Å². The third-order valence-electron chi connectivity index (χ3n) is 4.23. The van der Waals surface area contributed by atoms with E-state index in [0.29, 0.717) is 6.54 Å². The highest BCUT2D eigenvalue weighted by Crippen LogP contribution is 2.13. The van der Waals surface area contributed by atoms with Gasteiger partial charge < -0.3 is 9.88 Å². The highest BCUT2D eigenvalue weighted by atomic mass is 16.1. The summed E-state index contributed by atoms with van der Waals surface area (Å²) in [6.45, 7) is 1.51. The second-order valence-electron chi connectivity index (χ2n) is 6.05. The minimum absolute atomic E-state index is 0.00860. The molecule has 1 N–H and O–H groups in total. The zero-order valence-corrected chi connectivity index (χ0v) is 14.3. The Hall–Kier alpha value is -2.88. The van der Waals surface area contributed by atoms with Gasteiger partial charge in [-0.15, -0.1) is 0 Å². The Kier molecular flexibility index (Phi) is 5.99. The molecule has 1 aromatic heterocycles. The van der Waals surface area contributed by atoms with Gasteiger partial charge in [0, 0.05) is 31.0 Å². The monoisotopic (exact) mass is 333 g/mol. The number of hydrogen-bond acceptors (Lipinski definition) is 2. The first-order chi connectivity index (χ1) is 12.3. The topological polar surface area (TPSA) is 46.9 Å². The highest BCUT2D eigenvalue weighted by molar-refractivity contribution is 5.95. The van der Waals surface area contributed by atoms with Crippen molar-refractivity contribution in [2.75, 3.05) is 6.54 Å². The summed E-state index contributed by atoms with van der Waals surface area (Å²) in [6.07, 6.45) is 8.17. The van der Waals surface area contributed by atoms with E-state index in [1.807, 2.05) is 53.2 Å². The van der Waals surface area contributed by atoms with E-state index in [-0.39, 0.29) is 5.91 Å². The molecule has 0 fully saturated rings. The summed E-state index contributed by atoms with van der Waals surface area (Å²) in [7, 11) is 0. The van der Waals surface area contributed by atoms with Crippen LogP contribution in [-0.2, 0) is 19.4 Å². The third kappa shape index (κ3) is 5.05. The van der Waals surface area contributed by atoms with Crippen LogP contribution in [0.4, 0.5) is 0 Å². The standard InChI is InChI=1S/C21H23N3O/c25-21(23-13-6-15-24-16-14-22-17-24)20-10-5-4-9-19(20)12-11-18-7-2-1-3-8-18/h1-5,7-10,14,16-17H,6,11-13,15H2,(H,23,25). The SMILES string of the molecule is O=C(NCCCn1ccnc1)c1ccccc1CCc1ccccc1. The lowest BCUT2D eigenvalue weighted by atomic mass is 9.99. The summed E-state index contributed by atoms with van der Waals surface area (Å²) in [5, 5.41) is 3.03.